The number of benzene rings is 7. The summed E-state index contributed by atoms with van der Waals surface area (Å²) in [6, 6.07) is 63.7. The molecule has 1 aromatic heterocycles. The van der Waals surface area contributed by atoms with Crippen molar-refractivity contribution in [1.82, 2.24) is 4.57 Å². The third-order valence-electron chi connectivity index (χ3n) is 14.0. The van der Waals surface area contributed by atoms with Crippen LogP contribution in [0.1, 0.15) is 43.2 Å². The van der Waals surface area contributed by atoms with E-state index >= 15 is 0 Å². The summed E-state index contributed by atoms with van der Waals surface area (Å²) in [6.45, 7) is 0. The van der Waals surface area contributed by atoms with Crippen molar-refractivity contribution in [1.29, 1.82) is 0 Å². The maximum absolute atomic E-state index is 2.56. The minimum atomic E-state index is 0.153. The smallest absolute Gasteiger partial charge is 0.0561 e. The van der Waals surface area contributed by atoms with E-state index in [-0.39, 0.29) is 5.41 Å². The zero-order chi connectivity index (χ0) is 35.4. The molecule has 0 aliphatic heterocycles. The molecule has 2 nitrogen and oxygen atoms in total. The highest BCUT2D eigenvalue weighted by Crippen LogP contribution is 2.69. The van der Waals surface area contributed by atoms with Gasteiger partial charge in [-0.3, -0.25) is 0 Å². The lowest BCUT2D eigenvalue weighted by Crippen LogP contribution is -2.55. The van der Waals surface area contributed by atoms with E-state index in [9.17, 15) is 0 Å². The molecule has 2 heteroatoms. The lowest BCUT2D eigenvalue weighted by molar-refractivity contribution is -0.0399. The topological polar surface area (TPSA) is 8.17 Å². The van der Waals surface area contributed by atoms with E-state index < -0.39 is 0 Å². The van der Waals surface area contributed by atoms with Crippen LogP contribution in [0.5, 0.6) is 0 Å². The van der Waals surface area contributed by atoms with Crippen molar-refractivity contribution in [2.45, 2.75) is 37.5 Å². The second-order valence-corrected chi connectivity index (χ2v) is 16.6. The Morgan fingerprint density at radius 1 is 0.444 bits per heavy atom. The Kier molecular flexibility index (Phi) is 6.55. The molecule has 7 aromatic carbocycles. The van der Waals surface area contributed by atoms with Gasteiger partial charge in [0, 0.05) is 38.8 Å². The van der Waals surface area contributed by atoms with Gasteiger partial charge in [-0.25, -0.2) is 0 Å². The minimum Gasteiger partial charge on any atom is -0.310 e. The molecule has 4 fully saturated rings. The second-order valence-electron chi connectivity index (χ2n) is 16.6. The fourth-order valence-corrected chi connectivity index (χ4v) is 12.2. The molecule has 0 atom stereocenters. The zero-order valence-corrected chi connectivity index (χ0v) is 30.4. The van der Waals surface area contributed by atoms with Crippen molar-refractivity contribution in [3.63, 3.8) is 0 Å². The molecule has 0 radical (unpaired) electrons. The highest BCUT2D eigenvalue weighted by molar-refractivity contribution is 6.10. The van der Waals surface area contributed by atoms with Gasteiger partial charge in [-0.05, 0) is 132 Å². The van der Waals surface area contributed by atoms with Crippen LogP contribution >= 0.6 is 0 Å². The molecule has 8 aromatic rings. The van der Waals surface area contributed by atoms with E-state index in [1.165, 1.54) is 93.2 Å². The predicted octanol–water partition coefficient (Wildman–Crippen LogP) is 13.6. The molecule has 4 saturated carbocycles. The number of aromatic nitrogens is 1. The third-order valence-corrected chi connectivity index (χ3v) is 14.0. The lowest BCUT2D eigenvalue weighted by Gasteiger charge is -2.61. The Bertz CT molecular complexity index is 2710. The van der Waals surface area contributed by atoms with Crippen LogP contribution in [0.15, 0.2) is 170 Å². The molecule has 0 unspecified atom stereocenters. The van der Waals surface area contributed by atoms with Gasteiger partial charge in [-0.15, -0.1) is 0 Å². The Hall–Kier alpha value is -5.86. The molecule has 260 valence electrons. The average molecular weight is 695 g/mol. The number of para-hydroxylation sites is 3. The molecule has 0 amide bonds. The SMILES string of the molecule is c1ccc(-c2ccccc2N(c2ccc3c(c2)-c2ccccc2C32C3CC4CC(C3)CC2C4)c2ccc3c4ccccc4n(-c4ccccc4)c3c2)cc1. The van der Waals surface area contributed by atoms with Crippen LogP contribution in [0.4, 0.5) is 17.1 Å². The maximum atomic E-state index is 2.56. The fourth-order valence-electron chi connectivity index (χ4n) is 12.2. The van der Waals surface area contributed by atoms with Gasteiger partial charge in [0.1, 0.15) is 0 Å². The van der Waals surface area contributed by atoms with Gasteiger partial charge in [-0.2, -0.15) is 0 Å². The average Bonchev–Trinajstić information content (AvgIpc) is 3.71. The van der Waals surface area contributed by atoms with Gasteiger partial charge in [-0.1, -0.05) is 121 Å². The van der Waals surface area contributed by atoms with E-state index in [0.717, 1.165) is 29.4 Å². The van der Waals surface area contributed by atoms with E-state index in [2.05, 4.69) is 179 Å². The summed E-state index contributed by atoms with van der Waals surface area (Å²) in [7, 11) is 0. The third kappa shape index (κ3) is 4.23. The summed E-state index contributed by atoms with van der Waals surface area (Å²) in [6.07, 6.45) is 7.06. The molecule has 54 heavy (non-hydrogen) atoms. The van der Waals surface area contributed by atoms with Crippen molar-refractivity contribution < 1.29 is 0 Å². The summed E-state index contributed by atoms with van der Waals surface area (Å²) in [4.78, 5) is 2.53. The van der Waals surface area contributed by atoms with E-state index in [4.69, 9.17) is 0 Å². The number of fused-ring (bicyclic) bond motifs is 6. The first kappa shape index (κ1) is 30.6. The van der Waals surface area contributed by atoms with Gasteiger partial charge in [0.15, 0.2) is 0 Å². The van der Waals surface area contributed by atoms with Crippen LogP contribution in [-0.4, -0.2) is 4.57 Å². The highest BCUT2D eigenvalue weighted by Gasteiger charge is 2.61. The minimum absolute atomic E-state index is 0.153. The zero-order valence-electron chi connectivity index (χ0n) is 30.4. The van der Waals surface area contributed by atoms with E-state index in [1.807, 2.05) is 0 Å². The molecule has 13 rings (SSSR count). The number of nitrogens with zero attached hydrogens (tertiary/aromatic N) is 2. The number of hydrogen-bond acceptors (Lipinski definition) is 1. The van der Waals surface area contributed by atoms with E-state index in [1.54, 1.807) is 11.1 Å². The fraction of sp³-hybridized carbons (Fsp3) is 0.192. The maximum Gasteiger partial charge on any atom is 0.0561 e. The molecule has 1 spiro atoms. The largest absolute Gasteiger partial charge is 0.310 e. The molecule has 5 aliphatic rings. The van der Waals surface area contributed by atoms with Crippen molar-refractivity contribution in [3.05, 3.63) is 181 Å². The monoisotopic (exact) mass is 694 g/mol. The molecular weight excluding hydrogens is 653 g/mol. The van der Waals surface area contributed by atoms with Crippen molar-refractivity contribution in [2.24, 2.45) is 23.7 Å². The van der Waals surface area contributed by atoms with Gasteiger partial charge in [0.2, 0.25) is 0 Å². The number of anilines is 3. The van der Waals surface area contributed by atoms with Crippen LogP contribution in [0, 0.1) is 23.7 Å². The lowest BCUT2D eigenvalue weighted by atomic mass is 9.43. The summed E-state index contributed by atoms with van der Waals surface area (Å²) < 4.78 is 2.44. The van der Waals surface area contributed by atoms with Gasteiger partial charge in [0.05, 0.1) is 16.7 Å². The van der Waals surface area contributed by atoms with Crippen molar-refractivity contribution in [2.75, 3.05) is 4.90 Å². The van der Waals surface area contributed by atoms with Gasteiger partial charge >= 0.3 is 0 Å². The Morgan fingerprint density at radius 2 is 1.04 bits per heavy atom. The van der Waals surface area contributed by atoms with Crippen LogP contribution in [0.3, 0.4) is 0 Å². The molecule has 1 heterocycles. The molecular formula is C52H42N2. The first-order chi connectivity index (χ1) is 26.8. The van der Waals surface area contributed by atoms with Crippen molar-refractivity contribution >= 4 is 38.9 Å². The summed E-state index contributed by atoms with van der Waals surface area (Å²) in [5.74, 6) is 3.36. The van der Waals surface area contributed by atoms with Crippen LogP contribution < -0.4 is 4.90 Å². The summed E-state index contributed by atoms with van der Waals surface area (Å²) in [5.41, 5.74) is 15.8. The first-order valence-corrected chi connectivity index (χ1v) is 20.0. The van der Waals surface area contributed by atoms with Crippen LogP contribution in [-0.2, 0) is 5.41 Å². The molecule has 0 N–H and O–H groups in total. The summed E-state index contributed by atoms with van der Waals surface area (Å²) in [5, 5.41) is 2.54. The summed E-state index contributed by atoms with van der Waals surface area (Å²) >= 11 is 0. The number of rotatable bonds is 5. The quantitative estimate of drug-likeness (QED) is 0.174. The molecule has 4 bridgehead atoms. The van der Waals surface area contributed by atoms with Gasteiger partial charge in [0.25, 0.3) is 0 Å². The number of hydrogen-bond donors (Lipinski definition) is 0. The Labute approximate surface area is 317 Å². The van der Waals surface area contributed by atoms with Gasteiger partial charge < -0.3 is 9.47 Å². The normalized spacial score (nSPS) is 23.3. The first-order valence-electron chi connectivity index (χ1n) is 20.0. The highest BCUT2D eigenvalue weighted by atomic mass is 15.1. The standard InChI is InChI=1S/C52H42N2/c1-3-13-36(14-4-1)42-17-8-11-21-49(42)53(41-23-25-45-44-19-9-12-22-50(44)54(51(45)33-41)39-15-5-2-6-16-39)40-24-26-48-46(32-40)43-18-7-10-20-47(43)52(48)37-28-34-27-35(30-37)31-38(52)29-34/h1-26,32-35,37-38H,27-31H2. The molecule has 5 aliphatic carbocycles. The van der Waals surface area contributed by atoms with Crippen molar-refractivity contribution in [3.8, 4) is 27.9 Å². The Morgan fingerprint density at radius 3 is 1.83 bits per heavy atom. The molecule has 0 saturated heterocycles. The van der Waals surface area contributed by atoms with E-state index in [0.29, 0.717) is 0 Å². The second kappa shape index (κ2) is 11.6. The predicted molar refractivity (Wildman–Crippen MR) is 224 cm³/mol. The Balaban J connectivity index is 1.11. The van der Waals surface area contributed by atoms with Crippen LogP contribution in [0.2, 0.25) is 0 Å². The van der Waals surface area contributed by atoms with Crippen LogP contribution in [0.25, 0.3) is 49.7 Å².